The minimum Gasteiger partial charge on any atom is -0.467 e. The lowest BCUT2D eigenvalue weighted by molar-refractivity contribution is 0.490. The molecule has 0 aliphatic heterocycles. The highest BCUT2D eigenvalue weighted by Crippen LogP contribution is 2.22. The summed E-state index contributed by atoms with van der Waals surface area (Å²) in [5.74, 6) is 0.928. The third kappa shape index (κ3) is 2.52. The van der Waals surface area contributed by atoms with Crippen LogP contribution in [0.3, 0.4) is 0 Å². The first-order valence-electron chi connectivity index (χ1n) is 6.23. The van der Waals surface area contributed by atoms with E-state index in [4.69, 9.17) is 4.42 Å². The summed E-state index contributed by atoms with van der Waals surface area (Å²) in [6.07, 6.45) is 3.44. The van der Waals surface area contributed by atoms with Crippen molar-refractivity contribution < 1.29 is 4.42 Å². The average molecular weight is 253 g/mol. The molecule has 0 aliphatic rings. The van der Waals surface area contributed by atoms with Crippen LogP contribution in [0.25, 0.3) is 11.3 Å². The van der Waals surface area contributed by atoms with Crippen molar-refractivity contribution >= 4 is 5.69 Å². The van der Waals surface area contributed by atoms with Gasteiger partial charge in [0.15, 0.2) is 0 Å². The van der Waals surface area contributed by atoms with Crippen molar-refractivity contribution in [2.24, 2.45) is 0 Å². The first-order chi connectivity index (χ1) is 9.33. The molecular formula is C15H15N3O. The monoisotopic (exact) mass is 253 g/mol. The minimum atomic E-state index is 0.146. The van der Waals surface area contributed by atoms with Crippen molar-refractivity contribution in [1.29, 1.82) is 0 Å². The Morgan fingerprint density at radius 1 is 1.16 bits per heavy atom. The Labute approximate surface area is 111 Å². The molecule has 1 aromatic carbocycles. The van der Waals surface area contributed by atoms with Crippen LogP contribution < -0.4 is 5.32 Å². The third-order valence-electron chi connectivity index (χ3n) is 3.05. The lowest BCUT2D eigenvalue weighted by Crippen LogP contribution is -2.05. The molecular weight excluding hydrogens is 238 g/mol. The molecule has 0 saturated carbocycles. The molecule has 3 aromatic rings. The summed E-state index contributed by atoms with van der Waals surface area (Å²) in [6.45, 7) is 2.07. The van der Waals surface area contributed by atoms with Crippen LogP contribution in [0.1, 0.15) is 18.7 Å². The van der Waals surface area contributed by atoms with Gasteiger partial charge in [-0.05, 0) is 42.8 Å². The second-order valence-electron chi connectivity index (χ2n) is 4.43. The Hall–Kier alpha value is -2.49. The molecule has 96 valence electrons. The number of rotatable bonds is 4. The van der Waals surface area contributed by atoms with E-state index in [1.54, 1.807) is 12.5 Å². The van der Waals surface area contributed by atoms with Gasteiger partial charge in [-0.1, -0.05) is 12.1 Å². The van der Waals surface area contributed by atoms with E-state index < -0.39 is 0 Å². The molecule has 1 unspecified atom stereocenters. The highest BCUT2D eigenvalue weighted by Gasteiger charge is 2.07. The van der Waals surface area contributed by atoms with E-state index in [9.17, 15) is 0 Å². The molecule has 2 aromatic heterocycles. The summed E-state index contributed by atoms with van der Waals surface area (Å²) < 4.78 is 5.37. The molecule has 0 saturated heterocycles. The Morgan fingerprint density at radius 2 is 2.00 bits per heavy atom. The largest absolute Gasteiger partial charge is 0.467 e. The molecule has 2 N–H and O–H groups in total. The summed E-state index contributed by atoms with van der Waals surface area (Å²) in [5, 5.41) is 10.3. The molecule has 1 atom stereocenters. The number of furan rings is 1. The number of H-pyrrole nitrogens is 1. The summed E-state index contributed by atoms with van der Waals surface area (Å²) in [4.78, 5) is 0. The lowest BCUT2D eigenvalue weighted by atomic mass is 10.1. The van der Waals surface area contributed by atoms with Gasteiger partial charge in [0.2, 0.25) is 0 Å². The predicted octanol–water partition coefficient (Wildman–Crippen LogP) is 3.84. The SMILES string of the molecule is CC(Nc1ccc(-c2ccn[nH]2)cc1)c1ccco1. The summed E-state index contributed by atoms with van der Waals surface area (Å²) in [7, 11) is 0. The third-order valence-corrected chi connectivity index (χ3v) is 3.05. The first kappa shape index (κ1) is 11.6. The zero-order chi connectivity index (χ0) is 13.1. The van der Waals surface area contributed by atoms with E-state index in [1.165, 1.54) is 0 Å². The maximum atomic E-state index is 5.37. The van der Waals surface area contributed by atoms with Gasteiger partial charge in [0.1, 0.15) is 5.76 Å². The van der Waals surface area contributed by atoms with E-state index in [2.05, 4.69) is 46.7 Å². The number of aromatic nitrogens is 2. The van der Waals surface area contributed by atoms with Gasteiger partial charge < -0.3 is 9.73 Å². The molecule has 19 heavy (non-hydrogen) atoms. The molecule has 3 rings (SSSR count). The van der Waals surface area contributed by atoms with Crippen molar-refractivity contribution in [1.82, 2.24) is 10.2 Å². The normalized spacial score (nSPS) is 12.3. The minimum absolute atomic E-state index is 0.146. The summed E-state index contributed by atoms with van der Waals surface area (Å²) >= 11 is 0. The average Bonchev–Trinajstić information content (AvgIpc) is 3.13. The number of aromatic amines is 1. The smallest absolute Gasteiger partial charge is 0.125 e. The van der Waals surface area contributed by atoms with Crippen LogP contribution in [0.2, 0.25) is 0 Å². The standard InChI is InChI=1S/C15H15N3O/c1-11(15-3-2-10-19-15)17-13-6-4-12(5-7-13)14-8-9-16-18-14/h2-11,17H,1H3,(H,16,18). The van der Waals surface area contributed by atoms with Crippen LogP contribution in [0.15, 0.2) is 59.3 Å². The van der Waals surface area contributed by atoms with Crippen LogP contribution in [0, 0.1) is 0 Å². The highest BCUT2D eigenvalue weighted by atomic mass is 16.3. The number of nitrogens with zero attached hydrogens (tertiary/aromatic N) is 1. The molecule has 0 radical (unpaired) electrons. The number of hydrogen-bond donors (Lipinski definition) is 2. The quantitative estimate of drug-likeness (QED) is 0.742. The molecule has 0 aliphatic carbocycles. The molecule has 0 spiro atoms. The molecule has 4 nitrogen and oxygen atoms in total. The predicted molar refractivity (Wildman–Crippen MR) is 74.8 cm³/mol. The number of nitrogens with one attached hydrogen (secondary N) is 2. The van der Waals surface area contributed by atoms with Crippen LogP contribution in [-0.4, -0.2) is 10.2 Å². The second kappa shape index (κ2) is 5.02. The zero-order valence-electron chi connectivity index (χ0n) is 10.6. The van der Waals surface area contributed by atoms with Gasteiger partial charge in [0.05, 0.1) is 18.0 Å². The van der Waals surface area contributed by atoms with E-state index in [-0.39, 0.29) is 6.04 Å². The summed E-state index contributed by atoms with van der Waals surface area (Å²) in [6, 6.07) is 14.2. The van der Waals surface area contributed by atoms with Crippen LogP contribution >= 0.6 is 0 Å². The van der Waals surface area contributed by atoms with Crippen LogP contribution in [0.4, 0.5) is 5.69 Å². The van der Waals surface area contributed by atoms with E-state index in [1.807, 2.05) is 18.2 Å². The molecule has 2 heterocycles. The molecule has 4 heteroatoms. The number of hydrogen-bond acceptors (Lipinski definition) is 3. The Bertz CT molecular complexity index is 612. The molecule has 0 bridgehead atoms. The van der Waals surface area contributed by atoms with Gasteiger partial charge in [-0.2, -0.15) is 5.10 Å². The van der Waals surface area contributed by atoms with Gasteiger partial charge in [0, 0.05) is 11.9 Å². The Morgan fingerprint density at radius 3 is 2.63 bits per heavy atom. The van der Waals surface area contributed by atoms with Crippen molar-refractivity contribution in [3.63, 3.8) is 0 Å². The summed E-state index contributed by atoms with van der Waals surface area (Å²) in [5.41, 5.74) is 3.20. The molecule has 0 fully saturated rings. The van der Waals surface area contributed by atoms with Crippen molar-refractivity contribution in [2.45, 2.75) is 13.0 Å². The van der Waals surface area contributed by atoms with Crippen molar-refractivity contribution in [3.8, 4) is 11.3 Å². The van der Waals surface area contributed by atoms with Gasteiger partial charge >= 0.3 is 0 Å². The van der Waals surface area contributed by atoms with E-state index in [0.717, 1.165) is 22.7 Å². The van der Waals surface area contributed by atoms with Gasteiger partial charge in [0.25, 0.3) is 0 Å². The van der Waals surface area contributed by atoms with Crippen molar-refractivity contribution in [3.05, 3.63) is 60.7 Å². The van der Waals surface area contributed by atoms with E-state index >= 15 is 0 Å². The fourth-order valence-corrected chi connectivity index (χ4v) is 2.02. The fraction of sp³-hybridized carbons (Fsp3) is 0.133. The van der Waals surface area contributed by atoms with Crippen LogP contribution in [0.5, 0.6) is 0 Å². The highest BCUT2D eigenvalue weighted by molar-refractivity contribution is 5.62. The van der Waals surface area contributed by atoms with Crippen LogP contribution in [-0.2, 0) is 0 Å². The topological polar surface area (TPSA) is 53.9 Å². The molecule has 0 amide bonds. The maximum Gasteiger partial charge on any atom is 0.125 e. The van der Waals surface area contributed by atoms with E-state index in [0.29, 0.717) is 0 Å². The lowest BCUT2D eigenvalue weighted by Gasteiger charge is -2.13. The number of anilines is 1. The zero-order valence-corrected chi connectivity index (χ0v) is 10.6. The number of benzene rings is 1. The van der Waals surface area contributed by atoms with Gasteiger partial charge in [-0.3, -0.25) is 5.10 Å². The Balaban J connectivity index is 1.73. The second-order valence-corrected chi connectivity index (χ2v) is 4.43. The van der Waals surface area contributed by atoms with Gasteiger partial charge in [-0.15, -0.1) is 0 Å². The fourth-order valence-electron chi connectivity index (χ4n) is 2.02. The maximum absolute atomic E-state index is 5.37. The van der Waals surface area contributed by atoms with Crippen molar-refractivity contribution in [2.75, 3.05) is 5.32 Å². The Kier molecular flexibility index (Phi) is 3.06. The first-order valence-corrected chi connectivity index (χ1v) is 6.23. The van der Waals surface area contributed by atoms with Gasteiger partial charge in [-0.25, -0.2) is 0 Å².